The van der Waals surface area contributed by atoms with Crippen LogP contribution in [0.25, 0.3) is 0 Å². The minimum absolute atomic E-state index is 0.0792. The summed E-state index contributed by atoms with van der Waals surface area (Å²) in [6.07, 6.45) is 5.48. The lowest BCUT2D eigenvalue weighted by atomic mass is 10.1. The Kier molecular flexibility index (Phi) is 6.67. The molecular formula is C22H28N2O2. The van der Waals surface area contributed by atoms with Gasteiger partial charge in [-0.1, -0.05) is 55.3 Å². The molecule has 0 spiro atoms. The Morgan fingerprint density at radius 1 is 0.962 bits per heavy atom. The molecule has 26 heavy (non-hydrogen) atoms. The van der Waals surface area contributed by atoms with Crippen LogP contribution in [-0.2, 0) is 24.3 Å². The third-order valence-corrected chi connectivity index (χ3v) is 4.93. The highest BCUT2D eigenvalue weighted by Crippen LogP contribution is 2.16. The lowest BCUT2D eigenvalue weighted by molar-refractivity contribution is -0.120. The Morgan fingerprint density at radius 3 is 2.46 bits per heavy atom. The topological polar surface area (TPSA) is 52.6 Å². The molecule has 0 aromatic heterocycles. The van der Waals surface area contributed by atoms with E-state index in [0.717, 1.165) is 12.1 Å². The highest BCUT2D eigenvalue weighted by molar-refractivity contribution is 5.79. The summed E-state index contributed by atoms with van der Waals surface area (Å²) < 4.78 is 0. The van der Waals surface area contributed by atoms with E-state index in [0.29, 0.717) is 12.1 Å². The van der Waals surface area contributed by atoms with Gasteiger partial charge in [-0.2, -0.15) is 0 Å². The minimum atomic E-state index is -0.0792. The van der Waals surface area contributed by atoms with E-state index in [1.165, 1.54) is 44.3 Å². The van der Waals surface area contributed by atoms with Crippen molar-refractivity contribution in [3.8, 4) is 5.75 Å². The van der Waals surface area contributed by atoms with Gasteiger partial charge in [0.1, 0.15) is 5.75 Å². The van der Waals surface area contributed by atoms with Crippen molar-refractivity contribution in [2.24, 2.45) is 0 Å². The Morgan fingerprint density at radius 2 is 1.69 bits per heavy atom. The van der Waals surface area contributed by atoms with Crippen LogP contribution in [0.4, 0.5) is 0 Å². The summed E-state index contributed by atoms with van der Waals surface area (Å²) in [6, 6.07) is 15.4. The zero-order chi connectivity index (χ0) is 18.2. The van der Waals surface area contributed by atoms with Gasteiger partial charge in [-0.3, -0.25) is 9.69 Å². The van der Waals surface area contributed by atoms with Gasteiger partial charge in [0.2, 0.25) is 5.91 Å². The molecule has 0 unspecified atom stereocenters. The molecule has 1 aliphatic rings. The maximum atomic E-state index is 12.1. The van der Waals surface area contributed by atoms with Crippen LogP contribution in [0.2, 0.25) is 0 Å². The van der Waals surface area contributed by atoms with Crippen molar-refractivity contribution in [2.75, 3.05) is 13.1 Å². The number of likely N-dealkylation sites (tertiary alicyclic amines) is 1. The molecular weight excluding hydrogens is 324 g/mol. The van der Waals surface area contributed by atoms with E-state index in [1.54, 1.807) is 18.2 Å². The van der Waals surface area contributed by atoms with Crippen LogP contribution in [-0.4, -0.2) is 29.0 Å². The number of hydrogen-bond donors (Lipinski definition) is 2. The molecule has 0 atom stereocenters. The lowest BCUT2D eigenvalue weighted by Crippen LogP contribution is -2.25. The molecule has 1 aliphatic heterocycles. The second-order valence-electron chi connectivity index (χ2n) is 7.09. The van der Waals surface area contributed by atoms with Gasteiger partial charge in [-0.15, -0.1) is 0 Å². The Balaban J connectivity index is 1.51. The van der Waals surface area contributed by atoms with Crippen molar-refractivity contribution in [1.29, 1.82) is 0 Å². The Hall–Kier alpha value is -2.33. The zero-order valence-corrected chi connectivity index (χ0v) is 15.3. The number of phenolic OH excluding ortho intramolecular Hbond substituents is 1. The molecule has 1 fully saturated rings. The molecule has 2 N–H and O–H groups in total. The maximum Gasteiger partial charge on any atom is 0.224 e. The molecule has 2 aromatic carbocycles. The molecule has 138 valence electrons. The van der Waals surface area contributed by atoms with E-state index in [2.05, 4.69) is 28.4 Å². The molecule has 1 saturated heterocycles. The highest BCUT2D eigenvalue weighted by Gasteiger charge is 2.10. The third kappa shape index (κ3) is 5.60. The van der Waals surface area contributed by atoms with Crippen molar-refractivity contribution in [3.63, 3.8) is 0 Å². The summed E-state index contributed by atoms with van der Waals surface area (Å²) in [5, 5.41) is 12.7. The standard InChI is InChI=1S/C22H28N2O2/c25-21-11-4-3-10-20(21)15-22(26)23-16-18-8-7-9-19(14-18)17-24-12-5-1-2-6-13-24/h3-4,7-11,14,25H,1-2,5-6,12-13,15-17H2,(H,23,26). The number of phenols is 1. The number of carbonyl (C=O) groups is 1. The first-order valence-corrected chi connectivity index (χ1v) is 9.54. The molecule has 0 bridgehead atoms. The van der Waals surface area contributed by atoms with Crippen molar-refractivity contribution >= 4 is 5.91 Å². The fourth-order valence-electron chi connectivity index (χ4n) is 3.49. The van der Waals surface area contributed by atoms with Gasteiger partial charge in [0.05, 0.1) is 6.42 Å². The monoisotopic (exact) mass is 352 g/mol. The number of para-hydroxylation sites is 1. The minimum Gasteiger partial charge on any atom is -0.508 e. The molecule has 0 aliphatic carbocycles. The number of nitrogens with zero attached hydrogens (tertiary/aromatic N) is 1. The second kappa shape index (κ2) is 9.39. The molecule has 1 heterocycles. The molecule has 4 heteroatoms. The highest BCUT2D eigenvalue weighted by atomic mass is 16.3. The number of nitrogens with one attached hydrogen (secondary N) is 1. The second-order valence-corrected chi connectivity index (χ2v) is 7.09. The predicted octanol–water partition coefficient (Wildman–Crippen LogP) is 3.63. The van der Waals surface area contributed by atoms with Crippen molar-refractivity contribution in [3.05, 3.63) is 65.2 Å². The van der Waals surface area contributed by atoms with Gasteiger partial charge in [0.15, 0.2) is 0 Å². The zero-order valence-electron chi connectivity index (χ0n) is 15.3. The number of hydrogen-bond acceptors (Lipinski definition) is 3. The van der Waals surface area contributed by atoms with Gasteiger partial charge in [0.25, 0.3) is 0 Å². The van der Waals surface area contributed by atoms with Crippen LogP contribution in [0.15, 0.2) is 48.5 Å². The van der Waals surface area contributed by atoms with Crippen molar-refractivity contribution in [2.45, 2.75) is 45.2 Å². The van der Waals surface area contributed by atoms with E-state index in [-0.39, 0.29) is 18.1 Å². The third-order valence-electron chi connectivity index (χ3n) is 4.93. The van der Waals surface area contributed by atoms with Crippen molar-refractivity contribution in [1.82, 2.24) is 10.2 Å². The van der Waals surface area contributed by atoms with Gasteiger partial charge >= 0.3 is 0 Å². The first kappa shape index (κ1) is 18.5. The normalized spacial score (nSPS) is 15.4. The number of rotatable bonds is 6. The van der Waals surface area contributed by atoms with E-state index in [1.807, 2.05) is 12.1 Å². The van der Waals surface area contributed by atoms with Crippen LogP contribution < -0.4 is 5.32 Å². The maximum absolute atomic E-state index is 12.1. The van der Waals surface area contributed by atoms with E-state index in [9.17, 15) is 9.90 Å². The summed E-state index contributed by atoms with van der Waals surface area (Å²) in [5.74, 6) is 0.0894. The average molecular weight is 352 g/mol. The van der Waals surface area contributed by atoms with E-state index in [4.69, 9.17) is 0 Å². The van der Waals surface area contributed by atoms with E-state index >= 15 is 0 Å². The van der Waals surface area contributed by atoms with Crippen LogP contribution in [0, 0.1) is 0 Å². The van der Waals surface area contributed by atoms with Crippen LogP contribution in [0.3, 0.4) is 0 Å². The molecule has 1 amide bonds. The lowest BCUT2D eigenvalue weighted by Gasteiger charge is -2.20. The first-order valence-electron chi connectivity index (χ1n) is 9.54. The van der Waals surface area contributed by atoms with Crippen LogP contribution >= 0.6 is 0 Å². The van der Waals surface area contributed by atoms with Gasteiger partial charge in [-0.05, 0) is 43.1 Å². The summed E-state index contributed by atoms with van der Waals surface area (Å²) >= 11 is 0. The smallest absolute Gasteiger partial charge is 0.224 e. The summed E-state index contributed by atoms with van der Waals surface area (Å²) in [4.78, 5) is 14.7. The number of aromatic hydroxyl groups is 1. The average Bonchev–Trinajstić information content (AvgIpc) is 2.91. The van der Waals surface area contributed by atoms with Gasteiger partial charge in [-0.25, -0.2) is 0 Å². The van der Waals surface area contributed by atoms with Gasteiger partial charge in [0, 0.05) is 18.7 Å². The predicted molar refractivity (Wildman–Crippen MR) is 104 cm³/mol. The van der Waals surface area contributed by atoms with Gasteiger partial charge < -0.3 is 10.4 Å². The van der Waals surface area contributed by atoms with Crippen LogP contribution in [0.5, 0.6) is 5.75 Å². The Bertz CT molecular complexity index is 722. The number of carbonyl (C=O) groups excluding carboxylic acids is 1. The summed E-state index contributed by atoms with van der Waals surface area (Å²) in [5.41, 5.74) is 3.07. The van der Waals surface area contributed by atoms with Crippen molar-refractivity contribution < 1.29 is 9.90 Å². The number of benzene rings is 2. The molecule has 2 aromatic rings. The SMILES string of the molecule is O=C(Cc1ccccc1O)NCc1cccc(CN2CCCCCC2)c1. The summed E-state index contributed by atoms with van der Waals surface area (Å²) in [6.45, 7) is 3.86. The molecule has 0 radical (unpaired) electrons. The summed E-state index contributed by atoms with van der Waals surface area (Å²) in [7, 11) is 0. The van der Waals surface area contributed by atoms with E-state index < -0.39 is 0 Å². The Labute approximate surface area is 155 Å². The first-order chi connectivity index (χ1) is 12.7. The molecule has 3 rings (SSSR count). The quantitative estimate of drug-likeness (QED) is 0.835. The molecule has 4 nitrogen and oxygen atoms in total. The number of amides is 1. The largest absolute Gasteiger partial charge is 0.508 e. The molecule has 0 saturated carbocycles. The fraction of sp³-hybridized carbons (Fsp3) is 0.409. The van der Waals surface area contributed by atoms with Crippen LogP contribution in [0.1, 0.15) is 42.4 Å². The fourth-order valence-corrected chi connectivity index (χ4v) is 3.49.